The van der Waals surface area contributed by atoms with Crippen LogP contribution in [-0.4, -0.2) is 11.7 Å². The van der Waals surface area contributed by atoms with Gasteiger partial charge in [0.1, 0.15) is 0 Å². The Bertz CT molecular complexity index is 616. The highest BCUT2D eigenvalue weighted by Crippen LogP contribution is 2.29. The molecule has 6 heteroatoms. The van der Waals surface area contributed by atoms with Crippen LogP contribution in [0.3, 0.4) is 0 Å². The summed E-state index contributed by atoms with van der Waals surface area (Å²) in [7, 11) is 0. The van der Waals surface area contributed by atoms with Gasteiger partial charge >= 0.3 is 0 Å². The molecule has 20 heavy (non-hydrogen) atoms. The number of rotatable bonds is 4. The second-order valence-electron chi connectivity index (χ2n) is 3.89. The second kappa shape index (κ2) is 7.23. The molecule has 0 saturated carbocycles. The third-order valence-corrected chi connectivity index (χ3v) is 4.49. The van der Waals surface area contributed by atoms with Gasteiger partial charge in [-0.25, -0.2) is 0 Å². The van der Waals surface area contributed by atoms with Crippen molar-refractivity contribution in [1.82, 2.24) is 0 Å². The van der Waals surface area contributed by atoms with Gasteiger partial charge in [-0.2, -0.15) is 0 Å². The van der Waals surface area contributed by atoms with E-state index in [0.717, 1.165) is 4.90 Å². The van der Waals surface area contributed by atoms with Crippen LogP contribution in [0.2, 0.25) is 15.1 Å². The minimum absolute atomic E-state index is 0.144. The van der Waals surface area contributed by atoms with Gasteiger partial charge in [-0.05, 0) is 36.4 Å². The highest BCUT2D eigenvalue weighted by Gasteiger charge is 2.08. The molecule has 2 rings (SSSR count). The van der Waals surface area contributed by atoms with Crippen LogP contribution in [0.15, 0.2) is 47.4 Å². The predicted octanol–water partition coefficient (Wildman–Crippen LogP) is 5.38. The molecule has 0 unspecified atom stereocenters. The lowest BCUT2D eigenvalue weighted by atomic mass is 10.3. The van der Waals surface area contributed by atoms with E-state index in [1.165, 1.54) is 11.8 Å². The molecule has 0 saturated heterocycles. The number of anilines is 1. The SMILES string of the molecule is O=C(CSc1ccc(Cl)cc1)Nc1cccc(Cl)c1Cl. The third kappa shape index (κ3) is 4.32. The Morgan fingerprint density at radius 3 is 2.45 bits per heavy atom. The summed E-state index contributed by atoms with van der Waals surface area (Å²) >= 11 is 19.1. The second-order valence-corrected chi connectivity index (χ2v) is 6.16. The highest BCUT2D eigenvalue weighted by molar-refractivity contribution is 8.00. The van der Waals surface area contributed by atoms with E-state index in [0.29, 0.717) is 20.8 Å². The fourth-order valence-electron chi connectivity index (χ4n) is 1.47. The molecule has 2 nitrogen and oxygen atoms in total. The third-order valence-electron chi connectivity index (χ3n) is 2.41. The van der Waals surface area contributed by atoms with Crippen LogP contribution in [0.5, 0.6) is 0 Å². The summed E-state index contributed by atoms with van der Waals surface area (Å²) in [6.45, 7) is 0. The monoisotopic (exact) mass is 345 g/mol. The van der Waals surface area contributed by atoms with Crippen molar-refractivity contribution in [3.05, 3.63) is 57.5 Å². The van der Waals surface area contributed by atoms with E-state index >= 15 is 0 Å². The summed E-state index contributed by atoms with van der Waals surface area (Å²) in [6.07, 6.45) is 0. The lowest BCUT2D eigenvalue weighted by molar-refractivity contribution is -0.113. The normalized spacial score (nSPS) is 10.3. The predicted molar refractivity (Wildman–Crippen MR) is 87.3 cm³/mol. The molecule has 0 aliphatic carbocycles. The molecular weight excluding hydrogens is 337 g/mol. The first-order valence-electron chi connectivity index (χ1n) is 5.68. The minimum Gasteiger partial charge on any atom is -0.324 e. The average molecular weight is 347 g/mol. The number of benzene rings is 2. The van der Waals surface area contributed by atoms with E-state index in [4.69, 9.17) is 34.8 Å². The van der Waals surface area contributed by atoms with Gasteiger partial charge in [0.25, 0.3) is 0 Å². The van der Waals surface area contributed by atoms with Gasteiger partial charge in [0, 0.05) is 9.92 Å². The van der Waals surface area contributed by atoms with Crippen molar-refractivity contribution in [3.8, 4) is 0 Å². The van der Waals surface area contributed by atoms with Crippen LogP contribution in [0, 0.1) is 0 Å². The van der Waals surface area contributed by atoms with Crippen molar-refractivity contribution >= 4 is 58.2 Å². The fourth-order valence-corrected chi connectivity index (χ4v) is 2.64. The largest absolute Gasteiger partial charge is 0.324 e. The Kier molecular flexibility index (Phi) is 5.61. The lowest BCUT2D eigenvalue weighted by Gasteiger charge is -2.08. The molecule has 0 fully saturated rings. The maximum absolute atomic E-state index is 11.9. The van der Waals surface area contributed by atoms with Crippen molar-refractivity contribution in [2.75, 3.05) is 11.1 Å². The molecule has 0 aliphatic heterocycles. The summed E-state index contributed by atoms with van der Waals surface area (Å²) in [4.78, 5) is 12.8. The maximum atomic E-state index is 11.9. The number of nitrogens with one attached hydrogen (secondary N) is 1. The molecule has 1 N–H and O–H groups in total. The first-order valence-corrected chi connectivity index (χ1v) is 7.80. The Labute approximate surface area is 136 Å². The number of carbonyl (C=O) groups excluding carboxylic acids is 1. The standard InChI is InChI=1S/C14H10Cl3NOS/c15-9-4-6-10(7-5-9)20-8-13(19)18-12-3-1-2-11(16)14(12)17/h1-7H,8H2,(H,18,19). The molecular formula is C14H10Cl3NOS. The van der Waals surface area contributed by atoms with Gasteiger partial charge in [0.05, 0.1) is 21.5 Å². The van der Waals surface area contributed by atoms with Gasteiger partial charge in [-0.1, -0.05) is 40.9 Å². The van der Waals surface area contributed by atoms with Crippen molar-refractivity contribution in [2.45, 2.75) is 4.90 Å². The summed E-state index contributed by atoms with van der Waals surface area (Å²) in [5.74, 6) is 0.138. The number of halogens is 3. The Morgan fingerprint density at radius 2 is 1.75 bits per heavy atom. The van der Waals surface area contributed by atoms with E-state index in [1.807, 2.05) is 12.1 Å². The summed E-state index contributed by atoms with van der Waals surface area (Å²) < 4.78 is 0. The minimum atomic E-state index is -0.144. The zero-order valence-electron chi connectivity index (χ0n) is 10.2. The molecule has 0 bridgehead atoms. The smallest absolute Gasteiger partial charge is 0.234 e. The van der Waals surface area contributed by atoms with Crippen LogP contribution >= 0.6 is 46.6 Å². The van der Waals surface area contributed by atoms with E-state index in [-0.39, 0.29) is 11.7 Å². The molecule has 0 aromatic heterocycles. The molecule has 0 aliphatic rings. The molecule has 1 amide bonds. The maximum Gasteiger partial charge on any atom is 0.234 e. The number of thioether (sulfide) groups is 1. The van der Waals surface area contributed by atoms with E-state index < -0.39 is 0 Å². The van der Waals surface area contributed by atoms with Gasteiger partial charge < -0.3 is 5.32 Å². The quantitative estimate of drug-likeness (QED) is 0.753. The lowest BCUT2D eigenvalue weighted by Crippen LogP contribution is -2.14. The first-order chi connectivity index (χ1) is 9.56. The van der Waals surface area contributed by atoms with Crippen LogP contribution in [0.1, 0.15) is 0 Å². The Balaban J connectivity index is 1.92. The molecule has 2 aromatic rings. The molecule has 104 valence electrons. The number of carbonyl (C=O) groups is 1. The van der Waals surface area contributed by atoms with Crippen molar-refractivity contribution in [3.63, 3.8) is 0 Å². The topological polar surface area (TPSA) is 29.1 Å². The summed E-state index contributed by atoms with van der Waals surface area (Å²) in [5.41, 5.74) is 0.515. The van der Waals surface area contributed by atoms with Crippen molar-refractivity contribution < 1.29 is 4.79 Å². The Hall–Kier alpha value is -0.870. The van der Waals surface area contributed by atoms with Crippen molar-refractivity contribution in [1.29, 1.82) is 0 Å². The van der Waals surface area contributed by atoms with E-state index in [1.54, 1.807) is 30.3 Å². The zero-order chi connectivity index (χ0) is 14.5. The highest BCUT2D eigenvalue weighted by atomic mass is 35.5. The first kappa shape index (κ1) is 15.5. The van der Waals surface area contributed by atoms with Crippen LogP contribution in [-0.2, 0) is 4.79 Å². The number of hydrogen-bond acceptors (Lipinski definition) is 2. The summed E-state index contributed by atoms with van der Waals surface area (Å²) in [5, 5.41) is 4.16. The molecule has 0 spiro atoms. The fraction of sp³-hybridized carbons (Fsp3) is 0.0714. The zero-order valence-corrected chi connectivity index (χ0v) is 13.3. The van der Waals surface area contributed by atoms with Crippen LogP contribution < -0.4 is 5.32 Å². The number of amides is 1. The Morgan fingerprint density at radius 1 is 1.05 bits per heavy atom. The number of hydrogen-bond donors (Lipinski definition) is 1. The van der Waals surface area contributed by atoms with Crippen LogP contribution in [0.4, 0.5) is 5.69 Å². The summed E-state index contributed by atoms with van der Waals surface area (Å²) in [6, 6.07) is 12.4. The van der Waals surface area contributed by atoms with E-state index in [9.17, 15) is 4.79 Å². The van der Waals surface area contributed by atoms with Gasteiger partial charge in [0.2, 0.25) is 5.91 Å². The van der Waals surface area contributed by atoms with Gasteiger partial charge in [-0.15, -0.1) is 11.8 Å². The average Bonchev–Trinajstić information content (AvgIpc) is 2.43. The van der Waals surface area contributed by atoms with E-state index in [2.05, 4.69) is 5.32 Å². The molecule has 2 aromatic carbocycles. The molecule has 0 heterocycles. The molecule has 0 atom stereocenters. The molecule has 0 radical (unpaired) electrons. The van der Waals surface area contributed by atoms with Gasteiger partial charge in [0.15, 0.2) is 0 Å². The van der Waals surface area contributed by atoms with Crippen LogP contribution in [0.25, 0.3) is 0 Å². The van der Waals surface area contributed by atoms with Gasteiger partial charge in [-0.3, -0.25) is 4.79 Å². The van der Waals surface area contributed by atoms with Crippen molar-refractivity contribution in [2.24, 2.45) is 0 Å².